The third kappa shape index (κ3) is 3.20. The highest BCUT2D eigenvalue weighted by Crippen LogP contribution is 2.32. The number of aromatic nitrogens is 6. The molecular formula is C11H6Br2ClN7. The minimum Gasteiger partial charge on any atom is -0.322 e. The van der Waals surface area contributed by atoms with Gasteiger partial charge >= 0.3 is 0 Å². The molecule has 1 aromatic carbocycles. The van der Waals surface area contributed by atoms with E-state index in [0.717, 1.165) is 14.6 Å². The van der Waals surface area contributed by atoms with Gasteiger partial charge in [-0.05, 0) is 55.6 Å². The van der Waals surface area contributed by atoms with Crippen LogP contribution < -0.4 is 5.32 Å². The maximum atomic E-state index is 5.93. The van der Waals surface area contributed by atoms with E-state index in [1.54, 1.807) is 0 Å². The van der Waals surface area contributed by atoms with Gasteiger partial charge in [0.1, 0.15) is 12.7 Å². The number of anilines is 2. The monoisotopic (exact) mass is 429 g/mol. The number of benzene rings is 1. The molecule has 2 heterocycles. The number of nitrogens with one attached hydrogen (secondary N) is 1. The van der Waals surface area contributed by atoms with Gasteiger partial charge in [0.25, 0.3) is 5.95 Å². The summed E-state index contributed by atoms with van der Waals surface area (Å²) in [5, 5.41) is 7.10. The standard InChI is InChI=1S/C11H6Br2ClN7/c12-6-2-1-3-7(13)8(6)17-10-18-9(14)19-11(20-10)21-5-15-4-16-21/h1-5H,(H,17,18,19,20). The predicted molar refractivity (Wildman–Crippen MR) is 84.9 cm³/mol. The minimum atomic E-state index is 0.0566. The van der Waals surface area contributed by atoms with Gasteiger partial charge in [-0.2, -0.15) is 24.7 Å². The molecule has 0 aliphatic heterocycles. The molecule has 0 spiro atoms. The Balaban J connectivity index is 2.00. The van der Waals surface area contributed by atoms with Gasteiger partial charge in [-0.1, -0.05) is 6.07 Å². The van der Waals surface area contributed by atoms with Crippen molar-refractivity contribution in [3.63, 3.8) is 0 Å². The first kappa shape index (κ1) is 14.4. The summed E-state index contributed by atoms with van der Waals surface area (Å²) in [6.07, 6.45) is 2.86. The molecule has 0 aliphatic rings. The summed E-state index contributed by atoms with van der Waals surface area (Å²) in [7, 11) is 0. The lowest BCUT2D eigenvalue weighted by molar-refractivity contribution is 0.796. The van der Waals surface area contributed by atoms with Crippen molar-refractivity contribution in [2.24, 2.45) is 0 Å². The fourth-order valence-corrected chi connectivity index (χ4v) is 2.89. The van der Waals surface area contributed by atoms with Gasteiger partial charge in [0.2, 0.25) is 11.2 Å². The zero-order valence-corrected chi connectivity index (χ0v) is 14.1. The minimum absolute atomic E-state index is 0.0566. The van der Waals surface area contributed by atoms with Crippen molar-refractivity contribution in [3.8, 4) is 5.95 Å². The van der Waals surface area contributed by atoms with Crippen LogP contribution in [-0.2, 0) is 0 Å². The van der Waals surface area contributed by atoms with E-state index in [4.69, 9.17) is 11.6 Å². The molecule has 0 aliphatic carbocycles. The van der Waals surface area contributed by atoms with Crippen molar-refractivity contribution in [3.05, 3.63) is 45.1 Å². The van der Waals surface area contributed by atoms with Crippen molar-refractivity contribution >= 4 is 55.1 Å². The molecular weight excluding hydrogens is 425 g/mol. The molecule has 3 aromatic rings. The van der Waals surface area contributed by atoms with Crippen LogP contribution in [0.3, 0.4) is 0 Å². The zero-order valence-electron chi connectivity index (χ0n) is 10.2. The second kappa shape index (κ2) is 6.04. The normalized spacial score (nSPS) is 10.6. The van der Waals surface area contributed by atoms with E-state index >= 15 is 0 Å². The van der Waals surface area contributed by atoms with Crippen molar-refractivity contribution in [1.82, 2.24) is 29.7 Å². The lowest BCUT2D eigenvalue weighted by Gasteiger charge is -2.10. The quantitative estimate of drug-likeness (QED) is 0.685. The van der Waals surface area contributed by atoms with Gasteiger partial charge in [-0.3, -0.25) is 0 Å². The summed E-state index contributed by atoms with van der Waals surface area (Å²) in [5.41, 5.74) is 0.782. The van der Waals surface area contributed by atoms with Crippen LogP contribution in [0.1, 0.15) is 0 Å². The number of nitrogens with zero attached hydrogens (tertiary/aromatic N) is 6. The molecule has 10 heteroatoms. The summed E-state index contributed by atoms with van der Waals surface area (Å²) < 4.78 is 3.11. The van der Waals surface area contributed by atoms with Crippen LogP contribution in [0.5, 0.6) is 0 Å². The average Bonchev–Trinajstić information content (AvgIpc) is 2.97. The van der Waals surface area contributed by atoms with Crippen LogP contribution in [0.15, 0.2) is 39.8 Å². The van der Waals surface area contributed by atoms with Crippen molar-refractivity contribution in [1.29, 1.82) is 0 Å². The summed E-state index contributed by atoms with van der Waals surface area (Å²) in [6.45, 7) is 0. The molecule has 0 bridgehead atoms. The largest absolute Gasteiger partial charge is 0.322 e. The van der Waals surface area contributed by atoms with E-state index in [9.17, 15) is 0 Å². The second-order valence-corrected chi connectivity index (χ2v) is 5.84. The molecule has 0 saturated heterocycles. The Labute approximate surface area is 141 Å². The lowest BCUT2D eigenvalue weighted by Crippen LogP contribution is -2.07. The first-order valence-electron chi connectivity index (χ1n) is 5.61. The first-order chi connectivity index (χ1) is 10.1. The van der Waals surface area contributed by atoms with E-state index in [1.807, 2.05) is 18.2 Å². The highest BCUT2D eigenvalue weighted by Gasteiger charge is 2.11. The molecule has 21 heavy (non-hydrogen) atoms. The molecule has 2 aromatic heterocycles. The second-order valence-electron chi connectivity index (χ2n) is 3.79. The third-order valence-electron chi connectivity index (χ3n) is 2.42. The van der Waals surface area contributed by atoms with E-state index < -0.39 is 0 Å². The molecule has 106 valence electrons. The maximum absolute atomic E-state index is 5.93. The van der Waals surface area contributed by atoms with Gasteiger partial charge in [0.15, 0.2) is 0 Å². The van der Waals surface area contributed by atoms with Gasteiger partial charge < -0.3 is 5.32 Å². The molecule has 1 N–H and O–H groups in total. The summed E-state index contributed by atoms with van der Waals surface area (Å²) in [6, 6.07) is 5.70. The van der Waals surface area contributed by atoms with Crippen LogP contribution in [0.25, 0.3) is 5.95 Å². The zero-order chi connectivity index (χ0) is 14.8. The van der Waals surface area contributed by atoms with Gasteiger partial charge in [0, 0.05) is 8.95 Å². The smallest absolute Gasteiger partial charge is 0.258 e. The van der Waals surface area contributed by atoms with Gasteiger partial charge in [0.05, 0.1) is 5.69 Å². The molecule has 0 saturated carbocycles. The van der Waals surface area contributed by atoms with Gasteiger partial charge in [-0.25, -0.2) is 4.98 Å². The van der Waals surface area contributed by atoms with Crippen molar-refractivity contribution in [2.75, 3.05) is 5.32 Å². The highest BCUT2D eigenvalue weighted by atomic mass is 79.9. The first-order valence-corrected chi connectivity index (χ1v) is 7.57. The Morgan fingerprint density at radius 3 is 2.52 bits per heavy atom. The molecule has 0 unspecified atom stereocenters. The number of para-hydroxylation sites is 1. The van der Waals surface area contributed by atoms with Crippen LogP contribution >= 0.6 is 43.5 Å². The Morgan fingerprint density at radius 1 is 1.10 bits per heavy atom. The van der Waals surface area contributed by atoms with E-state index in [0.29, 0.717) is 5.95 Å². The van der Waals surface area contributed by atoms with Crippen LogP contribution in [0.2, 0.25) is 5.28 Å². The summed E-state index contributed by atoms with van der Waals surface area (Å²) in [4.78, 5) is 16.2. The predicted octanol–water partition coefficient (Wildman–Crippen LogP) is 3.37. The Bertz CT molecular complexity index is 758. The Morgan fingerprint density at radius 2 is 1.86 bits per heavy atom. The molecule has 7 nitrogen and oxygen atoms in total. The number of hydrogen-bond acceptors (Lipinski definition) is 6. The molecule has 0 amide bonds. The third-order valence-corrected chi connectivity index (χ3v) is 3.91. The van der Waals surface area contributed by atoms with Crippen molar-refractivity contribution < 1.29 is 0 Å². The van der Waals surface area contributed by atoms with Crippen molar-refractivity contribution in [2.45, 2.75) is 0 Å². The topological polar surface area (TPSA) is 81.4 Å². The van der Waals surface area contributed by atoms with Crippen LogP contribution in [-0.4, -0.2) is 29.7 Å². The molecule has 0 radical (unpaired) electrons. The van der Waals surface area contributed by atoms with Crippen LogP contribution in [0.4, 0.5) is 11.6 Å². The molecule has 0 atom stereocenters. The maximum Gasteiger partial charge on any atom is 0.258 e. The lowest BCUT2D eigenvalue weighted by atomic mass is 10.3. The van der Waals surface area contributed by atoms with E-state index in [1.165, 1.54) is 17.3 Å². The summed E-state index contributed by atoms with van der Waals surface area (Å²) >= 11 is 12.8. The number of rotatable bonds is 3. The number of hydrogen-bond donors (Lipinski definition) is 1. The Hall–Kier alpha value is -1.58. The highest BCUT2D eigenvalue weighted by molar-refractivity contribution is 9.11. The van der Waals surface area contributed by atoms with Crippen LogP contribution in [0, 0.1) is 0 Å². The molecule has 0 fully saturated rings. The SMILES string of the molecule is Clc1nc(Nc2c(Br)cccc2Br)nc(-n2cncn2)n1. The van der Waals surface area contributed by atoms with E-state index in [-0.39, 0.29) is 11.2 Å². The fourth-order valence-electron chi connectivity index (χ4n) is 1.54. The molecule has 3 rings (SSSR count). The van der Waals surface area contributed by atoms with E-state index in [2.05, 4.69) is 62.2 Å². The fraction of sp³-hybridized carbons (Fsp3) is 0. The average molecular weight is 431 g/mol. The number of halogens is 3. The summed E-state index contributed by atoms with van der Waals surface area (Å²) in [5.74, 6) is 0.575. The van der Waals surface area contributed by atoms with Gasteiger partial charge in [-0.15, -0.1) is 0 Å². The Kier molecular flexibility index (Phi) is 4.13.